The van der Waals surface area contributed by atoms with E-state index < -0.39 is 0 Å². The van der Waals surface area contributed by atoms with Gasteiger partial charge in [0.1, 0.15) is 16.9 Å². The maximum absolute atomic E-state index is 12.9. The molecule has 172 valence electrons. The molecule has 1 amide bonds. The van der Waals surface area contributed by atoms with Crippen LogP contribution in [0.2, 0.25) is 0 Å². The summed E-state index contributed by atoms with van der Waals surface area (Å²) in [6, 6.07) is 21.4. The summed E-state index contributed by atoms with van der Waals surface area (Å²) in [5.74, 6) is 0.524. The molecule has 1 fully saturated rings. The molecule has 1 N–H and O–H groups in total. The van der Waals surface area contributed by atoms with E-state index in [9.17, 15) is 4.79 Å². The lowest BCUT2D eigenvalue weighted by atomic mass is 10.1. The number of amides is 1. The molecule has 1 aliphatic heterocycles. The molecule has 0 aliphatic carbocycles. The van der Waals surface area contributed by atoms with E-state index in [1.165, 1.54) is 0 Å². The molecule has 1 saturated heterocycles. The number of nitrogens with zero attached hydrogens (tertiary/aromatic N) is 3. The standard InChI is InChI=1S/C27H26N4O3/c1-33-26-15-22-21-5-2-3-6-24(21)34-25(22)16-23(26)29-27(32)18-30-11-4-12-31(14-13-30)20-9-7-19(17-28)8-10-20/h2-3,5-10,15-16H,4,11-14,18H2,1H3,(H,29,32). The minimum atomic E-state index is -0.0828. The summed E-state index contributed by atoms with van der Waals surface area (Å²) in [5.41, 5.74) is 3.89. The number of anilines is 2. The highest BCUT2D eigenvalue weighted by molar-refractivity contribution is 6.07. The van der Waals surface area contributed by atoms with Crippen molar-refractivity contribution in [3.05, 3.63) is 66.2 Å². The second kappa shape index (κ2) is 9.46. The van der Waals surface area contributed by atoms with Crippen molar-refractivity contribution >= 4 is 39.2 Å². The molecule has 7 heteroatoms. The Morgan fingerprint density at radius 3 is 2.65 bits per heavy atom. The maximum atomic E-state index is 12.9. The number of hydrogen-bond donors (Lipinski definition) is 1. The number of hydrogen-bond acceptors (Lipinski definition) is 6. The molecule has 5 rings (SSSR count). The minimum absolute atomic E-state index is 0.0828. The van der Waals surface area contributed by atoms with Crippen molar-refractivity contribution < 1.29 is 13.9 Å². The predicted octanol–water partition coefficient (Wildman–Crippen LogP) is 4.62. The van der Waals surface area contributed by atoms with Crippen LogP contribution >= 0.6 is 0 Å². The van der Waals surface area contributed by atoms with Gasteiger partial charge in [-0.15, -0.1) is 0 Å². The molecular formula is C27H26N4O3. The van der Waals surface area contributed by atoms with Crippen LogP contribution in [0.4, 0.5) is 11.4 Å². The molecule has 4 aromatic rings. The molecule has 7 nitrogen and oxygen atoms in total. The van der Waals surface area contributed by atoms with Gasteiger partial charge >= 0.3 is 0 Å². The fourth-order valence-corrected chi connectivity index (χ4v) is 4.54. The van der Waals surface area contributed by atoms with Crippen molar-refractivity contribution in [1.29, 1.82) is 5.26 Å². The SMILES string of the molecule is COc1cc2c(cc1NC(=O)CN1CCCN(c3ccc(C#N)cc3)CC1)oc1ccccc12. The molecule has 1 aromatic heterocycles. The molecule has 0 unspecified atom stereocenters. The van der Waals surface area contributed by atoms with Crippen LogP contribution in [0.3, 0.4) is 0 Å². The molecule has 0 bridgehead atoms. The monoisotopic (exact) mass is 454 g/mol. The van der Waals surface area contributed by atoms with Gasteiger partial charge in [-0.3, -0.25) is 9.69 Å². The first-order valence-corrected chi connectivity index (χ1v) is 11.4. The third-order valence-corrected chi connectivity index (χ3v) is 6.29. The largest absolute Gasteiger partial charge is 0.495 e. The molecule has 1 aliphatic rings. The average molecular weight is 455 g/mol. The Bertz CT molecular complexity index is 1370. The molecule has 0 spiro atoms. The van der Waals surface area contributed by atoms with E-state index in [1.54, 1.807) is 7.11 Å². The number of nitriles is 1. The van der Waals surface area contributed by atoms with E-state index in [2.05, 4.69) is 21.2 Å². The quantitative estimate of drug-likeness (QED) is 0.474. The fourth-order valence-electron chi connectivity index (χ4n) is 4.54. The van der Waals surface area contributed by atoms with Gasteiger partial charge in [0, 0.05) is 48.7 Å². The average Bonchev–Trinajstić information content (AvgIpc) is 3.05. The number of ether oxygens (including phenoxy) is 1. The highest BCUT2D eigenvalue weighted by Crippen LogP contribution is 2.36. The van der Waals surface area contributed by atoms with E-state index in [4.69, 9.17) is 14.4 Å². The first kappa shape index (κ1) is 21.8. The highest BCUT2D eigenvalue weighted by atomic mass is 16.5. The second-order valence-electron chi connectivity index (χ2n) is 8.47. The number of fused-ring (bicyclic) bond motifs is 3. The predicted molar refractivity (Wildman–Crippen MR) is 133 cm³/mol. The van der Waals surface area contributed by atoms with Gasteiger partial charge in [-0.25, -0.2) is 0 Å². The van der Waals surface area contributed by atoms with Crippen molar-refractivity contribution in [2.75, 3.05) is 50.1 Å². The zero-order valence-corrected chi connectivity index (χ0v) is 19.1. The van der Waals surface area contributed by atoms with E-state index in [1.807, 2.05) is 60.7 Å². The number of methoxy groups -OCH3 is 1. The van der Waals surface area contributed by atoms with Crippen molar-refractivity contribution in [2.45, 2.75) is 6.42 Å². The lowest BCUT2D eigenvalue weighted by Gasteiger charge is -2.23. The van der Waals surface area contributed by atoms with Gasteiger partial charge in [0.15, 0.2) is 0 Å². The van der Waals surface area contributed by atoms with Gasteiger partial charge in [0.05, 0.1) is 31.0 Å². The number of benzene rings is 3. The number of carbonyl (C=O) groups is 1. The van der Waals surface area contributed by atoms with E-state index in [0.29, 0.717) is 29.1 Å². The van der Waals surface area contributed by atoms with Crippen LogP contribution in [0.1, 0.15) is 12.0 Å². The van der Waals surface area contributed by atoms with Crippen molar-refractivity contribution in [3.63, 3.8) is 0 Å². The summed E-state index contributed by atoms with van der Waals surface area (Å²) in [6.07, 6.45) is 0.960. The van der Waals surface area contributed by atoms with Crippen LogP contribution in [0.25, 0.3) is 21.9 Å². The van der Waals surface area contributed by atoms with Crippen LogP contribution in [0, 0.1) is 11.3 Å². The lowest BCUT2D eigenvalue weighted by molar-refractivity contribution is -0.117. The Morgan fingerprint density at radius 1 is 1.03 bits per heavy atom. The Labute approximate surface area is 198 Å². The van der Waals surface area contributed by atoms with Gasteiger partial charge in [-0.1, -0.05) is 18.2 Å². The third-order valence-electron chi connectivity index (χ3n) is 6.29. The van der Waals surface area contributed by atoms with E-state index in [0.717, 1.165) is 54.6 Å². The van der Waals surface area contributed by atoms with E-state index >= 15 is 0 Å². The summed E-state index contributed by atoms with van der Waals surface area (Å²) in [5, 5.41) is 14.0. The fraction of sp³-hybridized carbons (Fsp3) is 0.259. The topological polar surface area (TPSA) is 81.7 Å². The van der Waals surface area contributed by atoms with Gasteiger partial charge in [0.25, 0.3) is 0 Å². The molecule has 2 heterocycles. The summed E-state index contributed by atoms with van der Waals surface area (Å²) < 4.78 is 11.5. The zero-order valence-electron chi connectivity index (χ0n) is 19.1. The third kappa shape index (κ3) is 4.41. The summed E-state index contributed by atoms with van der Waals surface area (Å²) in [7, 11) is 1.60. The Balaban J connectivity index is 1.25. The zero-order chi connectivity index (χ0) is 23.5. The van der Waals surface area contributed by atoms with Gasteiger partial charge in [0.2, 0.25) is 5.91 Å². The molecule has 0 atom stereocenters. The number of rotatable bonds is 5. The maximum Gasteiger partial charge on any atom is 0.238 e. The first-order chi connectivity index (χ1) is 16.6. The Kier molecular flexibility index (Phi) is 6.07. The summed E-state index contributed by atoms with van der Waals surface area (Å²) in [4.78, 5) is 17.4. The van der Waals surface area contributed by atoms with Crippen LogP contribution in [0.5, 0.6) is 5.75 Å². The molecular weight excluding hydrogens is 428 g/mol. The van der Waals surface area contributed by atoms with Crippen LogP contribution < -0.4 is 15.0 Å². The smallest absolute Gasteiger partial charge is 0.238 e. The minimum Gasteiger partial charge on any atom is -0.495 e. The number of carbonyl (C=O) groups excluding carboxylic acids is 1. The lowest BCUT2D eigenvalue weighted by Crippen LogP contribution is -2.36. The normalized spacial score (nSPS) is 14.6. The number of para-hydroxylation sites is 1. The number of furan rings is 1. The summed E-state index contributed by atoms with van der Waals surface area (Å²) >= 11 is 0. The van der Waals surface area contributed by atoms with Gasteiger partial charge < -0.3 is 19.4 Å². The van der Waals surface area contributed by atoms with Crippen molar-refractivity contribution in [2.24, 2.45) is 0 Å². The van der Waals surface area contributed by atoms with Crippen LogP contribution in [0.15, 0.2) is 65.1 Å². The Hall–Kier alpha value is -4.02. The highest BCUT2D eigenvalue weighted by Gasteiger charge is 2.19. The van der Waals surface area contributed by atoms with Crippen molar-refractivity contribution in [1.82, 2.24) is 4.90 Å². The molecule has 0 radical (unpaired) electrons. The van der Waals surface area contributed by atoms with Gasteiger partial charge in [-0.2, -0.15) is 5.26 Å². The van der Waals surface area contributed by atoms with Gasteiger partial charge in [-0.05, 0) is 42.8 Å². The van der Waals surface area contributed by atoms with E-state index in [-0.39, 0.29) is 5.91 Å². The van der Waals surface area contributed by atoms with Crippen LogP contribution in [-0.4, -0.2) is 50.6 Å². The molecule has 0 saturated carbocycles. The summed E-state index contributed by atoms with van der Waals surface area (Å²) in [6.45, 7) is 3.68. The first-order valence-electron chi connectivity index (χ1n) is 11.4. The number of nitrogens with one attached hydrogen (secondary N) is 1. The Morgan fingerprint density at radius 2 is 1.85 bits per heavy atom. The second-order valence-corrected chi connectivity index (χ2v) is 8.47. The van der Waals surface area contributed by atoms with Crippen molar-refractivity contribution in [3.8, 4) is 11.8 Å². The molecule has 34 heavy (non-hydrogen) atoms. The molecule has 3 aromatic carbocycles. The van der Waals surface area contributed by atoms with Crippen LogP contribution in [-0.2, 0) is 4.79 Å².